The van der Waals surface area contributed by atoms with Gasteiger partial charge >= 0.3 is 0 Å². The largest absolute Gasteiger partial charge is 0.497 e. The van der Waals surface area contributed by atoms with Crippen molar-refractivity contribution < 1.29 is 4.74 Å². The lowest BCUT2D eigenvalue weighted by atomic mass is 9.98. The Morgan fingerprint density at radius 3 is 2.57 bits per heavy atom. The van der Waals surface area contributed by atoms with Crippen LogP contribution in [-0.2, 0) is 0 Å². The SMILES string of the molecule is COc1ccc(C2CCCCN2)cc1. The lowest BCUT2D eigenvalue weighted by molar-refractivity contribution is 0.406. The molecular weight excluding hydrogens is 174 g/mol. The van der Waals surface area contributed by atoms with Crippen molar-refractivity contribution in [1.82, 2.24) is 5.32 Å². The van der Waals surface area contributed by atoms with E-state index < -0.39 is 0 Å². The average molecular weight is 191 g/mol. The maximum atomic E-state index is 5.14. The fraction of sp³-hybridized carbons (Fsp3) is 0.500. The molecule has 1 unspecified atom stereocenters. The van der Waals surface area contributed by atoms with Crippen LogP contribution in [-0.4, -0.2) is 13.7 Å². The minimum atomic E-state index is 0.551. The number of benzene rings is 1. The number of hydrogen-bond donors (Lipinski definition) is 1. The van der Waals surface area contributed by atoms with Gasteiger partial charge in [0, 0.05) is 6.04 Å². The van der Waals surface area contributed by atoms with E-state index in [1.807, 2.05) is 12.1 Å². The van der Waals surface area contributed by atoms with E-state index in [0.29, 0.717) is 6.04 Å². The lowest BCUT2D eigenvalue weighted by Crippen LogP contribution is -2.26. The van der Waals surface area contributed by atoms with Crippen LogP contribution in [0, 0.1) is 0 Å². The number of piperidine rings is 1. The first-order valence-corrected chi connectivity index (χ1v) is 5.27. The molecule has 1 N–H and O–H groups in total. The fourth-order valence-electron chi connectivity index (χ4n) is 1.97. The second-order valence-electron chi connectivity index (χ2n) is 3.78. The Kier molecular flexibility index (Phi) is 3.04. The van der Waals surface area contributed by atoms with Gasteiger partial charge in [-0.25, -0.2) is 0 Å². The highest BCUT2D eigenvalue weighted by Crippen LogP contribution is 2.24. The van der Waals surface area contributed by atoms with Gasteiger partial charge in [-0.3, -0.25) is 0 Å². The normalized spacial score (nSPS) is 21.9. The maximum Gasteiger partial charge on any atom is 0.118 e. The van der Waals surface area contributed by atoms with Gasteiger partial charge in [0.05, 0.1) is 7.11 Å². The third-order valence-electron chi connectivity index (χ3n) is 2.83. The quantitative estimate of drug-likeness (QED) is 0.775. The predicted molar refractivity (Wildman–Crippen MR) is 57.6 cm³/mol. The number of nitrogens with one attached hydrogen (secondary N) is 1. The van der Waals surface area contributed by atoms with E-state index >= 15 is 0 Å². The van der Waals surface area contributed by atoms with Gasteiger partial charge in [-0.15, -0.1) is 0 Å². The molecule has 1 heterocycles. The van der Waals surface area contributed by atoms with Gasteiger partial charge in [0.25, 0.3) is 0 Å². The van der Waals surface area contributed by atoms with Crippen molar-refractivity contribution in [3.8, 4) is 5.75 Å². The van der Waals surface area contributed by atoms with Crippen molar-refractivity contribution in [1.29, 1.82) is 0 Å². The van der Waals surface area contributed by atoms with E-state index in [0.717, 1.165) is 12.3 Å². The zero-order valence-corrected chi connectivity index (χ0v) is 8.62. The first-order valence-electron chi connectivity index (χ1n) is 5.27. The minimum absolute atomic E-state index is 0.551. The summed E-state index contributed by atoms with van der Waals surface area (Å²) in [6.07, 6.45) is 3.91. The molecule has 2 rings (SSSR count). The molecule has 1 aliphatic heterocycles. The predicted octanol–water partition coefficient (Wildman–Crippen LogP) is 2.51. The molecule has 1 aromatic rings. The van der Waals surface area contributed by atoms with Gasteiger partial charge in [0.2, 0.25) is 0 Å². The first-order chi connectivity index (χ1) is 6.90. The molecule has 1 aromatic carbocycles. The molecule has 0 radical (unpaired) electrons. The molecule has 0 saturated carbocycles. The molecule has 1 atom stereocenters. The van der Waals surface area contributed by atoms with Gasteiger partial charge < -0.3 is 10.1 Å². The van der Waals surface area contributed by atoms with Gasteiger partial charge in [-0.2, -0.15) is 0 Å². The molecule has 1 saturated heterocycles. The fourth-order valence-corrected chi connectivity index (χ4v) is 1.97. The summed E-state index contributed by atoms with van der Waals surface area (Å²) in [5, 5.41) is 3.53. The maximum absolute atomic E-state index is 5.14. The van der Waals surface area contributed by atoms with Crippen molar-refractivity contribution in [2.24, 2.45) is 0 Å². The second-order valence-corrected chi connectivity index (χ2v) is 3.78. The number of hydrogen-bond acceptors (Lipinski definition) is 2. The van der Waals surface area contributed by atoms with Crippen LogP contribution >= 0.6 is 0 Å². The summed E-state index contributed by atoms with van der Waals surface area (Å²) in [5.41, 5.74) is 1.38. The Morgan fingerprint density at radius 2 is 2.00 bits per heavy atom. The monoisotopic (exact) mass is 191 g/mol. The molecule has 0 aliphatic carbocycles. The van der Waals surface area contributed by atoms with E-state index in [1.54, 1.807) is 7.11 Å². The molecule has 0 amide bonds. The van der Waals surface area contributed by atoms with Crippen molar-refractivity contribution in [2.45, 2.75) is 25.3 Å². The Hall–Kier alpha value is -1.02. The van der Waals surface area contributed by atoms with Gasteiger partial charge in [0.1, 0.15) is 5.75 Å². The van der Waals surface area contributed by atoms with Crippen LogP contribution in [0.15, 0.2) is 24.3 Å². The summed E-state index contributed by atoms with van der Waals surface area (Å²) in [5.74, 6) is 0.935. The van der Waals surface area contributed by atoms with E-state index in [-0.39, 0.29) is 0 Å². The van der Waals surface area contributed by atoms with E-state index in [2.05, 4.69) is 17.4 Å². The van der Waals surface area contributed by atoms with E-state index in [4.69, 9.17) is 4.74 Å². The zero-order valence-electron chi connectivity index (χ0n) is 8.62. The number of ether oxygens (including phenoxy) is 1. The van der Waals surface area contributed by atoms with Gasteiger partial charge in [0.15, 0.2) is 0 Å². The third kappa shape index (κ3) is 2.07. The molecule has 1 aliphatic rings. The van der Waals surface area contributed by atoms with Crippen LogP contribution in [0.5, 0.6) is 5.75 Å². The second kappa shape index (κ2) is 4.47. The molecule has 14 heavy (non-hydrogen) atoms. The van der Waals surface area contributed by atoms with Crippen LogP contribution in [0.25, 0.3) is 0 Å². The van der Waals surface area contributed by atoms with Gasteiger partial charge in [-0.05, 0) is 37.1 Å². The molecule has 2 heteroatoms. The highest BCUT2D eigenvalue weighted by molar-refractivity contribution is 5.29. The van der Waals surface area contributed by atoms with Crippen LogP contribution in [0.2, 0.25) is 0 Å². The molecule has 0 aromatic heterocycles. The number of rotatable bonds is 2. The summed E-state index contributed by atoms with van der Waals surface area (Å²) in [4.78, 5) is 0. The summed E-state index contributed by atoms with van der Waals surface area (Å²) in [6, 6.07) is 8.93. The molecule has 1 fully saturated rings. The highest BCUT2D eigenvalue weighted by Gasteiger charge is 2.13. The summed E-state index contributed by atoms with van der Waals surface area (Å²) in [6.45, 7) is 1.15. The van der Waals surface area contributed by atoms with Crippen LogP contribution in [0.1, 0.15) is 30.9 Å². The Balaban J connectivity index is 2.07. The minimum Gasteiger partial charge on any atom is -0.497 e. The van der Waals surface area contributed by atoms with Gasteiger partial charge in [-0.1, -0.05) is 18.6 Å². The van der Waals surface area contributed by atoms with Crippen molar-refractivity contribution in [2.75, 3.05) is 13.7 Å². The average Bonchev–Trinajstić information content (AvgIpc) is 2.30. The summed E-state index contributed by atoms with van der Waals surface area (Å²) >= 11 is 0. The Morgan fingerprint density at radius 1 is 1.21 bits per heavy atom. The number of methoxy groups -OCH3 is 1. The van der Waals surface area contributed by atoms with Crippen molar-refractivity contribution in [3.63, 3.8) is 0 Å². The van der Waals surface area contributed by atoms with E-state index in [9.17, 15) is 0 Å². The molecular formula is C12H17NO. The van der Waals surface area contributed by atoms with Crippen molar-refractivity contribution >= 4 is 0 Å². The zero-order chi connectivity index (χ0) is 9.80. The first kappa shape index (κ1) is 9.53. The highest BCUT2D eigenvalue weighted by atomic mass is 16.5. The standard InChI is InChI=1S/C12H17NO/c1-14-11-7-5-10(6-8-11)12-4-2-3-9-13-12/h5-8,12-13H,2-4,9H2,1H3. The summed E-state index contributed by atoms with van der Waals surface area (Å²) < 4.78 is 5.14. The summed E-state index contributed by atoms with van der Waals surface area (Å²) in [7, 11) is 1.70. The molecule has 2 nitrogen and oxygen atoms in total. The smallest absolute Gasteiger partial charge is 0.118 e. The third-order valence-corrected chi connectivity index (χ3v) is 2.83. The lowest BCUT2D eigenvalue weighted by Gasteiger charge is -2.23. The Labute approximate surface area is 85.3 Å². The molecule has 0 bridgehead atoms. The molecule has 76 valence electrons. The van der Waals surface area contributed by atoms with E-state index in [1.165, 1.54) is 24.8 Å². The van der Waals surface area contributed by atoms with Crippen LogP contribution < -0.4 is 10.1 Å². The van der Waals surface area contributed by atoms with Crippen LogP contribution in [0.4, 0.5) is 0 Å². The van der Waals surface area contributed by atoms with Crippen molar-refractivity contribution in [3.05, 3.63) is 29.8 Å². The molecule has 0 spiro atoms. The van der Waals surface area contributed by atoms with Crippen LogP contribution in [0.3, 0.4) is 0 Å². The Bertz CT molecular complexity index is 275. The topological polar surface area (TPSA) is 21.3 Å².